The number of furan rings is 1. The number of hydrogen-bond acceptors (Lipinski definition) is 4. The maximum atomic E-state index is 12.5. The Kier molecular flexibility index (Phi) is 4.89. The van der Waals surface area contributed by atoms with Crippen LogP contribution >= 0.6 is 11.3 Å². The second-order valence-corrected chi connectivity index (χ2v) is 7.25. The molecule has 3 heterocycles. The van der Waals surface area contributed by atoms with Gasteiger partial charge in [0, 0.05) is 29.7 Å². The zero-order chi connectivity index (χ0) is 18.6. The first-order chi connectivity index (χ1) is 13.2. The van der Waals surface area contributed by atoms with E-state index in [-0.39, 0.29) is 11.8 Å². The van der Waals surface area contributed by atoms with E-state index < -0.39 is 0 Å². The summed E-state index contributed by atoms with van der Waals surface area (Å²) in [5.41, 5.74) is 2.97. The van der Waals surface area contributed by atoms with E-state index in [4.69, 9.17) is 4.42 Å². The third kappa shape index (κ3) is 4.01. The Morgan fingerprint density at radius 3 is 2.85 bits per heavy atom. The topological polar surface area (TPSA) is 62.6 Å². The molecule has 0 fully saturated rings. The second kappa shape index (κ2) is 7.63. The molecule has 0 atom stereocenters. The SMILES string of the molecule is O=C(C=Cc1cccs1)Nc1ccc2c(c1)CN(C(=O)c1ccco1)CC2. The quantitative estimate of drug-likeness (QED) is 0.693. The van der Waals surface area contributed by atoms with Crippen molar-refractivity contribution in [3.05, 3.63) is 81.9 Å². The molecule has 1 aliphatic heterocycles. The van der Waals surface area contributed by atoms with E-state index in [1.165, 1.54) is 17.9 Å². The molecular weight excluding hydrogens is 360 g/mol. The van der Waals surface area contributed by atoms with Crippen LogP contribution in [0.2, 0.25) is 0 Å². The van der Waals surface area contributed by atoms with Crippen molar-refractivity contribution in [2.45, 2.75) is 13.0 Å². The fraction of sp³-hybridized carbons (Fsp3) is 0.143. The average molecular weight is 378 g/mol. The number of fused-ring (bicyclic) bond motifs is 1. The number of hydrogen-bond donors (Lipinski definition) is 1. The first-order valence-electron chi connectivity index (χ1n) is 8.66. The highest BCUT2D eigenvalue weighted by atomic mass is 32.1. The Hall–Kier alpha value is -3.12. The van der Waals surface area contributed by atoms with Gasteiger partial charge in [-0.05, 0) is 59.3 Å². The molecule has 2 amide bonds. The number of nitrogens with one attached hydrogen (secondary N) is 1. The molecule has 6 heteroatoms. The first kappa shape index (κ1) is 17.3. The number of thiophene rings is 1. The number of nitrogens with zero attached hydrogens (tertiary/aromatic N) is 1. The minimum absolute atomic E-state index is 0.112. The van der Waals surface area contributed by atoms with Gasteiger partial charge in [0.15, 0.2) is 5.76 Å². The third-order valence-corrected chi connectivity index (χ3v) is 5.28. The monoisotopic (exact) mass is 378 g/mol. The Morgan fingerprint density at radius 2 is 2.07 bits per heavy atom. The number of rotatable bonds is 4. The van der Waals surface area contributed by atoms with Crippen molar-refractivity contribution in [2.75, 3.05) is 11.9 Å². The number of anilines is 1. The fourth-order valence-corrected chi connectivity index (χ4v) is 3.71. The molecule has 0 saturated carbocycles. The summed E-state index contributed by atoms with van der Waals surface area (Å²) in [7, 11) is 0. The van der Waals surface area contributed by atoms with Gasteiger partial charge in [-0.25, -0.2) is 0 Å². The Morgan fingerprint density at radius 1 is 1.15 bits per heavy atom. The number of amides is 2. The van der Waals surface area contributed by atoms with E-state index in [1.807, 2.05) is 35.7 Å². The standard InChI is InChI=1S/C21H18N2O3S/c24-20(8-7-18-3-2-12-27-18)22-17-6-5-15-9-10-23(14-16(15)13-17)21(25)19-4-1-11-26-19/h1-8,11-13H,9-10,14H2,(H,22,24). The minimum Gasteiger partial charge on any atom is -0.459 e. The van der Waals surface area contributed by atoms with Crippen LogP contribution in [0.4, 0.5) is 5.69 Å². The summed E-state index contributed by atoms with van der Waals surface area (Å²) in [6, 6.07) is 13.1. The molecule has 1 aliphatic rings. The van der Waals surface area contributed by atoms with E-state index >= 15 is 0 Å². The van der Waals surface area contributed by atoms with Crippen molar-refractivity contribution in [3.63, 3.8) is 0 Å². The highest BCUT2D eigenvalue weighted by molar-refractivity contribution is 7.10. The number of carbonyl (C=O) groups excluding carboxylic acids is 2. The van der Waals surface area contributed by atoms with Gasteiger partial charge in [0.25, 0.3) is 5.91 Å². The van der Waals surface area contributed by atoms with E-state index in [0.717, 1.165) is 22.5 Å². The number of carbonyl (C=O) groups is 2. The molecule has 0 radical (unpaired) electrons. The van der Waals surface area contributed by atoms with Gasteiger partial charge >= 0.3 is 0 Å². The van der Waals surface area contributed by atoms with Crippen molar-refractivity contribution in [2.24, 2.45) is 0 Å². The molecule has 4 rings (SSSR count). The van der Waals surface area contributed by atoms with Gasteiger partial charge in [0.1, 0.15) is 0 Å². The normalized spacial score (nSPS) is 13.6. The van der Waals surface area contributed by atoms with Gasteiger partial charge in [0.05, 0.1) is 6.26 Å². The summed E-state index contributed by atoms with van der Waals surface area (Å²) in [6.45, 7) is 1.16. The molecule has 2 aromatic heterocycles. The van der Waals surface area contributed by atoms with Crippen LogP contribution in [0.25, 0.3) is 6.08 Å². The summed E-state index contributed by atoms with van der Waals surface area (Å²) in [5.74, 6) is 0.0586. The third-order valence-electron chi connectivity index (χ3n) is 4.45. The smallest absolute Gasteiger partial charge is 0.289 e. The lowest BCUT2D eigenvalue weighted by Gasteiger charge is -2.28. The fourth-order valence-electron chi connectivity index (χ4n) is 3.09. The van der Waals surface area contributed by atoms with Crippen LogP contribution in [0.1, 0.15) is 26.6 Å². The van der Waals surface area contributed by atoms with Crippen molar-refractivity contribution in [1.82, 2.24) is 4.90 Å². The van der Waals surface area contributed by atoms with Crippen LogP contribution in [0.3, 0.4) is 0 Å². The highest BCUT2D eigenvalue weighted by Crippen LogP contribution is 2.24. The molecule has 3 aromatic rings. The molecule has 0 spiro atoms. The predicted molar refractivity (Wildman–Crippen MR) is 106 cm³/mol. The van der Waals surface area contributed by atoms with Crippen molar-refractivity contribution in [3.8, 4) is 0 Å². The maximum absolute atomic E-state index is 12.5. The summed E-state index contributed by atoms with van der Waals surface area (Å²) >= 11 is 1.58. The van der Waals surface area contributed by atoms with E-state index in [1.54, 1.807) is 34.4 Å². The van der Waals surface area contributed by atoms with Crippen LogP contribution in [0.5, 0.6) is 0 Å². The van der Waals surface area contributed by atoms with Crippen LogP contribution < -0.4 is 5.32 Å². The Labute approximate surface area is 160 Å². The number of benzene rings is 1. The van der Waals surface area contributed by atoms with Crippen LogP contribution in [-0.4, -0.2) is 23.3 Å². The molecule has 27 heavy (non-hydrogen) atoms. The highest BCUT2D eigenvalue weighted by Gasteiger charge is 2.23. The molecule has 5 nitrogen and oxygen atoms in total. The van der Waals surface area contributed by atoms with Gasteiger partial charge < -0.3 is 14.6 Å². The van der Waals surface area contributed by atoms with E-state index in [2.05, 4.69) is 5.32 Å². The molecule has 0 aliphatic carbocycles. The predicted octanol–water partition coefficient (Wildman–Crippen LogP) is 4.19. The molecule has 136 valence electrons. The summed E-state index contributed by atoms with van der Waals surface area (Å²) in [6.07, 6.45) is 5.61. The van der Waals surface area contributed by atoms with Crippen molar-refractivity contribution in [1.29, 1.82) is 0 Å². The first-order valence-corrected chi connectivity index (χ1v) is 9.54. The summed E-state index contributed by atoms with van der Waals surface area (Å²) in [5, 5.41) is 4.85. The molecule has 1 aromatic carbocycles. The second-order valence-electron chi connectivity index (χ2n) is 6.28. The van der Waals surface area contributed by atoms with E-state index in [0.29, 0.717) is 18.8 Å². The van der Waals surface area contributed by atoms with Crippen LogP contribution in [0.15, 0.2) is 64.6 Å². The average Bonchev–Trinajstić information content (AvgIpc) is 3.39. The van der Waals surface area contributed by atoms with Gasteiger partial charge in [-0.1, -0.05) is 12.1 Å². The minimum atomic E-state index is -0.178. The molecule has 0 bridgehead atoms. The lowest BCUT2D eigenvalue weighted by molar-refractivity contribution is -0.111. The van der Waals surface area contributed by atoms with Gasteiger partial charge in [-0.2, -0.15) is 0 Å². The molecule has 1 N–H and O–H groups in total. The zero-order valence-electron chi connectivity index (χ0n) is 14.6. The largest absolute Gasteiger partial charge is 0.459 e. The van der Waals surface area contributed by atoms with Crippen molar-refractivity contribution < 1.29 is 14.0 Å². The van der Waals surface area contributed by atoms with Gasteiger partial charge in [-0.3, -0.25) is 9.59 Å². The Balaban J connectivity index is 1.44. The maximum Gasteiger partial charge on any atom is 0.289 e. The van der Waals surface area contributed by atoms with Crippen molar-refractivity contribution >= 4 is 34.9 Å². The van der Waals surface area contributed by atoms with Crippen LogP contribution in [-0.2, 0) is 17.8 Å². The molecular formula is C21H18N2O3S. The van der Waals surface area contributed by atoms with Gasteiger partial charge in [-0.15, -0.1) is 11.3 Å². The summed E-state index contributed by atoms with van der Waals surface area (Å²) < 4.78 is 5.22. The molecule has 0 unspecified atom stereocenters. The lowest BCUT2D eigenvalue weighted by Crippen LogP contribution is -2.35. The van der Waals surface area contributed by atoms with E-state index in [9.17, 15) is 9.59 Å². The summed E-state index contributed by atoms with van der Waals surface area (Å²) in [4.78, 5) is 27.4. The lowest BCUT2D eigenvalue weighted by atomic mass is 9.99. The van der Waals surface area contributed by atoms with Gasteiger partial charge in [0.2, 0.25) is 5.91 Å². The van der Waals surface area contributed by atoms with Crippen LogP contribution in [0, 0.1) is 0 Å². The molecule has 0 saturated heterocycles. The zero-order valence-corrected chi connectivity index (χ0v) is 15.4. The Bertz CT molecular complexity index is 975.